The number of rotatable bonds is 1. The fraction of sp³-hybridized carbons (Fsp3) is 0.143. The molecule has 2 rings (SSSR count). The summed E-state index contributed by atoms with van der Waals surface area (Å²) in [6.45, 7) is 0. The molecule has 0 radical (unpaired) electrons. The lowest BCUT2D eigenvalue weighted by Crippen LogP contribution is -1.90. The summed E-state index contributed by atoms with van der Waals surface area (Å²) in [7, 11) is 1.56. The summed E-state index contributed by atoms with van der Waals surface area (Å²) in [4.78, 5) is 4.18. The van der Waals surface area contributed by atoms with E-state index in [0.29, 0.717) is 16.0 Å². The number of halogens is 3. The van der Waals surface area contributed by atoms with Gasteiger partial charge >= 0.3 is 0 Å². The first-order valence-corrected chi connectivity index (χ1v) is 5.95. The maximum atomic E-state index is 5.11. The molecule has 14 heavy (non-hydrogen) atoms. The molecule has 0 aliphatic rings. The molecule has 1 N–H and O–H groups in total. The Balaban J connectivity index is 2.92. The minimum Gasteiger partial charge on any atom is -0.479 e. The molecule has 0 atom stereocenters. The average Bonchev–Trinajstić information content (AvgIpc) is 2.54. The molecule has 0 aliphatic heterocycles. The summed E-state index contributed by atoms with van der Waals surface area (Å²) in [5.41, 5.74) is 0.689. The van der Waals surface area contributed by atoms with Crippen LogP contribution in [0.3, 0.4) is 0 Å². The van der Waals surface area contributed by atoms with Gasteiger partial charge in [0.15, 0.2) is 5.52 Å². The SMILES string of the molecule is COc1nc(Br)c(Br)c2c(Br)[nH]nc12. The Bertz CT molecular complexity index is 496. The Hall–Kier alpha value is -0.140. The summed E-state index contributed by atoms with van der Waals surface area (Å²) in [6, 6.07) is 0. The number of hydrogen-bond donors (Lipinski definition) is 1. The number of nitrogens with one attached hydrogen (secondary N) is 1. The van der Waals surface area contributed by atoms with Crippen LogP contribution in [0.5, 0.6) is 5.88 Å². The van der Waals surface area contributed by atoms with E-state index in [9.17, 15) is 0 Å². The Kier molecular flexibility index (Phi) is 2.81. The van der Waals surface area contributed by atoms with Crippen molar-refractivity contribution < 1.29 is 4.74 Å². The van der Waals surface area contributed by atoms with E-state index in [1.807, 2.05) is 0 Å². The highest BCUT2D eigenvalue weighted by atomic mass is 79.9. The molecule has 0 saturated carbocycles. The summed E-state index contributed by atoms with van der Waals surface area (Å²) in [5, 5.41) is 7.80. The Morgan fingerprint density at radius 3 is 2.64 bits per heavy atom. The van der Waals surface area contributed by atoms with Crippen LogP contribution < -0.4 is 4.74 Å². The molecule has 2 aromatic heterocycles. The third-order valence-corrected chi connectivity index (χ3v) is 4.17. The van der Waals surface area contributed by atoms with Crippen molar-refractivity contribution in [3.05, 3.63) is 13.7 Å². The van der Waals surface area contributed by atoms with Gasteiger partial charge < -0.3 is 4.74 Å². The van der Waals surface area contributed by atoms with Crippen LogP contribution in [0.15, 0.2) is 13.7 Å². The first kappa shape index (κ1) is 10.4. The molecule has 0 fully saturated rings. The maximum Gasteiger partial charge on any atom is 0.243 e. The number of methoxy groups -OCH3 is 1. The van der Waals surface area contributed by atoms with Gasteiger partial charge in [-0.1, -0.05) is 0 Å². The highest BCUT2D eigenvalue weighted by Crippen LogP contribution is 2.37. The van der Waals surface area contributed by atoms with Crippen LogP contribution in [0.1, 0.15) is 0 Å². The lowest BCUT2D eigenvalue weighted by molar-refractivity contribution is 0.401. The van der Waals surface area contributed by atoms with E-state index < -0.39 is 0 Å². The molecule has 7 heteroatoms. The minimum atomic E-state index is 0.483. The molecular formula is C7H4Br3N3O. The lowest BCUT2D eigenvalue weighted by Gasteiger charge is -2.02. The van der Waals surface area contributed by atoms with E-state index in [0.717, 1.165) is 14.5 Å². The van der Waals surface area contributed by atoms with Crippen LogP contribution in [0.2, 0.25) is 0 Å². The first-order chi connectivity index (χ1) is 6.65. The van der Waals surface area contributed by atoms with Crippen molar-refractivity contribution in [3.63, 3.8) is 0 Å². The zero-order valence-corrected chi connectivity index (χ0v) is 11.7. The second-order valence-corrected chi connectivity index (χ2v) is 4.82. The predicted molar refractivity (Wildman–Crippen MR) is 63.5 cm³/mol. The zero-order valence-electron chi connectivity index (χ0n) is 6.94. The second-order valence-electron chi connectivity index (χ2n) is 2.49. The largest absolute Gasteiger partial charge is 0.479 e. The number of nitrogens with zero attached hydrogens (tertiary/aromatic N) is 2. The predicted octanol–water partition coefficient (Wildman–Crippen LogP) is 3.25. The van der Waals surface area contributed by atoms with Gasteiger partial charge in [0.2, 0.25) is 5.88 Å². The molecule has 0 aromatic carbocycles. The molecule has 0 spiro atoms. The van der Waals surface area contributed by atoms with Gasteiger partial charge in [-0.05, 0) is 47.8 Å². The Morgan fingerprint density at radius 1 is 1.29 bits per heavy atom. The lowest BCUT2D eigenvalue weighted by atomic mass is 10.3. The molecule has 2 heterocycles. The monoisotopic (exact) mass is 383 g/mol. The molecule has 0 unspecified atom stereocenters. The van der Waals surface area contributed by atoms with Gasteiger partial charge in [-0.25, -0.2) is 4.98 Å². The van der Waals surface area contributed by atoms with Gasteiger partial charge in [0, 0.05) is 0 Å². The van der Waals surface area contributed by atoms with Crippen LogP contribution in [0.4, 0.5) is 0 Å². The fourth-order valence-electron chi connectivity index (χ4n) is 1.11. The van der Waals surface area contributed by atoms with E-state index >= 15 is 0 Å². The van der Waals surface area contributed by atoms with E-state index in [1.54, 1.807) is 7.11 Å². The normalized spacial score (nSPS) is 10.9. The highest BCUT2D eigenvalue weighted by molar-refractivity contribution is 9.13. The molecule has 0 amide bonds. The standard InChI is InChI=1S/C7H4Br3N3O/c1-14-7-4-2(5(9)13-12-4)3(8)6(10)11-7/h1H3,(H,12,13). The van der Waals surface area contributed by atoms with Crippen molar-refractivity contribution >= 4 is 58.7 Å². The van der Waals surface area contributed by atoms with Crippen molar-refractivity contribution in [2.45, 2.75) is 0 Å². The number of aromatic amines is 1. The van der Waals surface area contributed by atoms with Crippen LogP contribution >= 0.6 is 47.8 Å². The van der Waals surface area contributed by atoms with E-state index in [1.165, 1.54) is 0 Å². The van der Waals surface area contributed by atoms with Gasteiger partial charge in [-0.3, -0.25) is 5.10 Å². The number of fused-ring (bicyclic) bond motifs is 1. The first-order valence-electron chi connectivity index (χ1n) is 3.57. The average molecular weight is 386 g/mol. The number of pyridine rings is 1. The molecule has 0 bridgehead atoms. The number of aromatic nitrogens is 3. The quantitative estimate of drug-likeness (QED) is 0.767. The van der Waals surface area contributed by atoms with E-state index in [2.05, 4.69) is 63.0 Å². The van der Waals surface area contributed by atoms with Crippen molar-refractivity contribution in [3.8, 4) is 5.88 Å². The third kappa shape index (κ3) is 1.47. The maximum absolute atomic E-state index is 5.11. The third-order valence-electron chi connectivity index (χ3n) is 1.72. The summed E-state index contributed by atoms with van der Waals surface area (Å²) >= 11 is 10.1. The van der Waals surface area contributed by atoms with Gasteiger partial charge in [0.05, 0.1) is 17.0 Å². The Morgan fingerprint density at radius 2 is 2.00 bits per heavy atom. The van der Waals surface area contributed by atoms with E-state index in [4.69, 9.17) is 4.74 Å². The number of hydrogen-bond acceptors (Lipinski definition) is 3. The topological polar surface area (TPSA) is 50.8 Å². The van der Waals surface area contributed by atoms with Crippen molar-refractivity contribution in [1.82, 2.24) is 15.2 Å². The molecule has 2 aromatic rings. The smallest absolute Gasteiger partial charge is 0.243 e. The second kappa shape index (κ2) is 3.79. The molecule has 0 aliphatic carbocycles. The van der Waals surface area contributed by atoms with Crippen LogP contribution in [-0.4, -0.2) is 22.3 Å². The van der Waals surface area contributed by atoms with Gasteiger partial charge in [0.1, 0.15) is 9.21 Å². The molecule has 0 saturated heterocycles. The fourth-order valence-corrected chi connectivity index (χ4v) is 2.69. The van der Waals surface area contributed by atoms with Gasteiger partial charge in [-0.15, -0.1) is 0 Å². The Labute approximate surface area is 105 Å². The molecular weight excluding hydrogens is 382 g/mol. The summed E-state index contributed by atoms with van der Waals surface area (Å²) in [6.07, 6.45) is 0. The van der Waals surface area contributed by atoms with Crippen molar-refractivity contribution in [2.24, 2.45) is 0 Å². The highest BCUT2D eigenvalue weighted by Gasteiger charge is 2.16. The summed E-state index contributed by atoms with van der Waals surface area (Å²) < 4.78 is 7.43. The minimum absolute atomic E-state index is 0.483. The van der Waals surface area contributed by atoms with Crippen molar-refractivity contribution in [1.29, 1.82) is 0 Å². The molecule has 74 valence electrons. The van der Waals surface area contributed by atoms with Crippen LogP contribution in [0.25, 0.3) is 10.9 Å². The number of ether oxygens (including phenoxy) is 1. The van der Waals surface area contributed by atoms with Crippen molar-refractivity contribution in [2.75, 3.05) is 7.11 Å². The van der Waals surface area contributed by atoms with E-state index in [-0.39, 0.29) is 0 Å². The number of H-pyrrole nitrogens is 1. The van der Waals surface area contributed by atoms with Gasteiger partial charge in [0.25, 0.3) is 0 Å². The zero-order chi connectivity index (χ0) is 10.3. The molecule has 4 nitrogen and oxygen atoms in total. The van der Waals surface area contributed by atoms with Crippen LogP contribution in [-0.2, 0) is 0 Å². The summed E-state index contributed by atoms with van der Waals surface area (Å²) in [5.74, 6) is 0.483. The van der Waals surface area contributed by atoms with Gasteiger partial charge in [-0.2, -0.15) is 5.10 Å². The van der Waals surface area contributed by atoms with Crippen LogP contribution in [0, 0.1) is 0 Å².